The van der Waals surface area contributed by atoms with Crippen LogP contribution >= 0.6 is 0 Å². The molecule has 1 heterocycles. The molecule has 0 aliphatic carbocycles. The summed E-state index contributed by atoms with van der Waals surface area (Å²) in [5, 5.41) is 3.32. The van der Waals surface area contributed by atoms with Crippen molar-refractivity contribution in [3.63, 3.8) is 0 Å². The Morgan fingerprint density at radius 3 is 1.93 bits per heavy atom. The number of piperazine rings is 1. The van der Waals surface area contributed by atoms with Crippen LogP contribution in [0, 0.1) is 0 Å². The number of nitrogens with zero attached hydrogens (tertiary/aromatic N) is 1. The van der Waals surface area contributed by atoms with Crippen molar-refractivity contribution in [3.8, 4) is 0 Å². The maximum Gasteiger partial charge on any atom is 0.0300 e. The van der Waals surface area contributed by atoms with Gasteiger partial charge in [0, 0.05) is 31.9 Å². The van der Waals surface area contributed by atoms with E-state index in [1.165, 1.54) is 12.1 Å². The van der Waals surface area contributed by atoms with Crippen molar-refractivity contribution in [2.45, 2.75) is 48.0 Å². The lowest BCUT2D eigenvalue weighted by molar-refractivity contribution is 0.299. The minimum Gasteiger partial charge on any atom is -0.373 e. The van der Waals surface area contributed by atoms with Crippen molar-refractivity contribution >= 4 is 0 Å². The van der Waals surface area contributed by atoms with Crippen LogP contribution in [-0.2, 0) is 0 Å². The molecular formula is C13H30N2. The van der Waals surface area contributed by atoms with E-state index in [0.29, 0.717) is 0 Å². The van der Waals surface area contributed by atoms with Gasteiger partial charge in [0.1, 0.15) is 0 Å². The summed E-state index contributed by atoms with van der Waals surface area (Å²) in [4.78, 5) is 2.41. The van der Waals surface area contributed by atoms with E-state index < -0.39 is 0 Å². The Morgan fingerprint density at radius 2 is 1.60 bits per heavy atom. The summed E-state index contributed by atoms with van der Waals surface area (Å²) in [6.07, 6.45) is 3.42. The average molecular weight is 214 g/mol. The summed E-state index contributed by atoms with van der Waals surface area (Å²) in [6, 6.07) is 0. The number of hydrogen-bond donors (Lipinski definition) is 1. The van der Waals surface area contributed by atoms with Crippen LogP contribution < -0.4 is 5.32 Å². The monoisotopic (exact) mass is 214 g/mol. The van der Waals surface area contributed by atoms with Gasteiger partial charge in [-0.15, -0.1) is 0 Å². The van der Waals surface area contributed by atoms with E-state index in [9.17, 15) is 0 Å². The van der Waals surface area contributed by atoms with Gasteiger partial charge in [0.15, 0.2) is 0 Å². The fourth-order valence-corrected chi connectivity index (χ4v) is 1.20. The number of rotatable bonds is 1. The van der Waals surface area contributed by atoms with Crippen molar-refractivity contribution in [1.82, 2.24) is 10.2 Å². The minimum absolute atomic E-state index is 1.13. The molecule has 0 unspecified atom stereocenters. The summed E-state index contributed by atoms with van der Waals surface area (Å²) >= 11 is 0. The van der Waals surface area contributed by atoms with Crippen LogP contribution in [-0.4, -0.2) is 31.1 Å². The van der Waals surface area contributed by atoms with Gasteiger partial charge in [0.25, 0.3) is 0 Å². The lowest BCUT2D eigenvalue weighted by Gasteiger charge is -2.29. The van der Waals surface area contributed by atoms with Crippen LogP contribution in [0.2, 0.25) is 0 Å². The summed E-state index contributed by atoms with van der Waals surface area (Å²) in [5.74, 6) is 0. The van der Waals surface area contributed by atoms with Crippen LogP contribution in [0.4, 0.5) is 0 Å². The summed E-state index contributed by atoms with van der Waals surface area (Å²) < 4.78 is 0. The molecule has 2 heteroatoms. The Morgan fingerprint density at radius 1 is 1.20 bits per heavy atom. The second-order valence-electron chi connectivity index (χ2n) is 3.37. The van der Waals surface area contributed by atoms with E-state index in [0.717, 1.165) is 26.2 Å². The molecule has 0 radical (unpaired) electrons. The molecule has 1 N–H and O–H groups in total. The molecule has 1 saturated heterocycles. The van der Waals surface area contributed by atoms with Gasteiger partial charge in [-0.25, -0.2) is 0 Å². The molecule has 1 aliphatic heterocycles. The van der Waals surface area contributed by atoms with E-state index >= 15 is 0 Å². The highest BCUT2D eigenvalue weighted by molar-refractivity contribution is 4.96. The predicted molar refractivity (Wildman–Crippen MR) is 71.2 cm³/mol. The molecule has 0 atom stereocenters. The normalized spacial score (nSPS) is 15.9. The van der Waals surface area contributed by atoms with Crippen LogP contribution in [0.15, 0.2) is 11.8 Å². The van der Waals surface area contributed by atoms with Crippen LogP contribution in [0.5, 0.6) is 0 Å². The van der Waals surface area contributed by atoms with Gasteiger partial charge in [0.05, 0.1) is 0 Å². The largest absolute Gasteiger partial charge is 0.373 e. The molecule has 0 aromatic rings. The minimum atomic E-state index is 1.13. The lowest BCUT2D eigenvalue weighted by atomic mass is 10.3. The Hall–Kier alpha value is -0.500. The molecule has 2 nitrogen and oxygen atoms in total. The summed E-state index contributed by atoms with van der Waals surface area (Å²) in [5.41, 5.74) is 1.40. The van der Waals surface area contributed by atoms with E-state index in [1.54, 1.807) is 0 Å². The molecule has 15 heavy (non-hydrogen) atoms. The first-order valence-electron chi connectivity index (χ1n) is 6.34. The molecule has 0 spiro atoms. The average Bonchev–Trinajstić information content (AvgIpc) is 2.33. The van der Waals surface area contributed by atoms with Gasteiger partial charge < -0.3 is 10.2 Å². The highest BCUT2D eigenvalue weighted by atomic mass is 15.2. The molecule has 92 valence electrons. The lowest BCUT2D eigenvalue weighted by Crippen LogP contribution is -2.42. The second-order valence-corrected chi connectivity index (χ2v) is 3.37. The quantitative estimate of drug-likeness (QED) is 0.721. The Kier molecular flexibility index (Phi) is 15.2. The zero-order valence-corrected chi connectivity index (χ0v) is 11.6. The molecule has 0 amide bonds. The number of allylic oxidation sites excluding steroid dienone is 2. The third-order valence-electron chi connectivity index (χ3n) is 2.03. The smallest absolute Gasteiger partial charge is 0.0300 e. The fourth-order valence-electron chi connectivity index (χ4n) is 1.20. The van der Waals surface area contributed by atoms with Gasteiger partial charge >= 0.3 is 0 Å². The number of nitrogens with one attached hydrogen (secondary N) is 1. The highest BCUT2D eigenvalue weighted by Crippen LogP contribution is 2.02. The molecule has 1 fully saturated rings. The maximum absolute atomic E-state index is 3.32. The number of hydrogen-bond acceptors (Lipinski definition) is 2. The highest BCUT2D eigenvalue weighted by Gasteiger charge is 2.07. The van der Waals surface area contributed by atoms with E-state index in [-0.39, 0.29) is 0 Å². The first kappa shape index (κ1) is 16.9. The van der Waals surface area contributed by atoms with E-state index in [4.69, 9.17) is 0 Å². The van der Waals surface area contributed by atoms with Crippen molar-refractivity contribution in [2.24, 2.45) is 0 Å². The molecule has 0 bridgehead atoms. The first-order chi connectivity index (χ1) is 7.26. The van der Waals surface area contributed by atoms with Crippen molar-refractivity contribution in [2.75, 3.05) is 26.2 Å². The van der Waals surface area contributed by atoms with Gasteiger partial charge in [-0.1, -0.05) is 40.2 Å². The van der Waals surface area contributed by atoms with Crippen molar-refractivity contribution in [1.29, 1.82) is 0 Å². The van der Waals surface area contributed by atoms with Gasteiger partial charge in [0.2, 0.25) is 0 Å². The standard InChI is InChI=1S/C8H16N2.C3H8.C2H6/c1-3-8(2)10-6-4-9-5-7-10;1-3-2;1-2/h3,9H,4-7H2,1-2H3;3H2,1-2H3;1-2H3/b8-3+;;. The maximum atomic E-state index is 3.32. The third kappa shape index (κ3) is 9.80. The van der Waals surface area contributed by atoms with Gasteiger partial charge in [-0.05, 0) is 13.8 Å². The molecule has 1 rings (SSSR count). The molecule has 0 aromatic carbocycles. The topological polar surface area (TPSA) is 15.3 Å². The molecule has 0 aromatic heterocycles. The second kappa shape index (κ2) is 13.5. The third-order valence-corrected chi connectivity index (χ3v) is 2.03. The Labute approximate surface area is 96.7 Å². The molecule has 1 aliphatic rings. The molecular weight excluding hydrogens is 184 g/mol. The van der Waals surface area contributed by atoms with E-state index in [2.05, 4.69) is 44.0 Å². The van der Waals surface area contributed by atoms with Crippen LogP contribution in [0.3, 0.4) is 0 Å². The van der Waals surface area contributed by atoms with Gasteiger partial charge in [-0.2, -0.15) is 0 Å². The predicted octanol–water partition coefficient (Wildman–Crippen LogP) is 3.26. The van der Waals surface area contributed by atoms with Crippen LogP contribution in [0.1, 0.15) is 48.0 Å². The zero-order valence-electron chi connectivity index (χ0n) is 11.6. The Balaban J connectivity index is 0. The summed E-state index contributed by atoms with van der Waals surface area (Å²) in [6.45, 7) is 17.1. The van der Waals surface area contributed by atoms with Crippen molar-refractivity contribution < 1.29 is 0 Å². The van der Waals surface area contributed by atoms with Crippen LogP contribution in [0.25, 0.3) is 0 Å². The van der Waals surface area contributed by atoms with Gasteiger partial charge in [-0.3, -0.25) is 0 Å². The fraction of sp³-hybridized carbons (Fsp3) is 0.846. The zero-order chi connectivity index (χ0) is 12.1. The SMILES string of the molecule is C/C=C(\C)N1CCNCC1.CC.CCC. The molecule has 0 saturated carbocycles. The Bertz CT molecular complexity index is 135. The van der Waals surface area contributed by atoms with E-state index in [1.807, 2.05) is 13.8 Å². The first-order valence-corrected chi connectivity index (χ1v) is 6.34. The summed E-state index contributed by atoms with van der Waals surface area (Å²) in [7, 11) is 0. The van der Waals surface area contributed by atoms with Crippen molar-refractivity contribution in [3.05, 3.63) is 11.8 Å².